The van der Waals surface area contributed by atoms with E-state index >= 15 is 0 Å². The Bertz CT molecular complexity index is 428. The highest BCUT2D eigenvalue weighted by atomic mass is 16.7. The van der Waals surface area contributed by atoms with Gasteiger partial charge in [0.2, 0.25) is 0 Å². The van der Waals surface area contributed by atoms with Crippen molar-refractivity contribution in [2.75, 3.05) is 0 Å². The molecule has 1 atom stereocenters. The highest BCUT2D eigenvalue weighted by molar-refractivity contribution is 5.80. The molecule has 0 aromatic heterocycles. The number of carboxylic acids is 1. The predicted molar refractivity (Wildman–Crippen MR) is 64.6 cm³/mol. The summed E-state index contributed by atoms with van der Waals surface area (Å²) in [6.45, 7) is 0. The second-order valence-corrected chi connectivity index (χ2v) is 4.55. The van der Waals surface area contributed by atoms with E-state index < -0.39 is 11.6 Å². The van der Waals surface area contributed by atoms with Gasteiger partial charge in [-0.2, -0.15) is 0 Å². The summed E-state index contributed by atoms with van der Waals surface area (Å²) in [4.78, 5) is 27.0. The molecule has 1 aliphatic carbocycles. The number of aliphatic carboxylic acids is 1. The van der Waals surface area contributed by atoms with Crippen molar-refractivity contribution in [2.24, 2.45) is 11.3 Å². The van der Waals surface area contributed by atoms with Crippen LogP contribution < -0.4 is 0 Å². The van der Waals surface area contributed by atoms with Crippen molar-refractivity contribution in [3.8, 4) is 0 Å². The zero-order chi connectivity index (χ0) is 13.0. The first-order valence-electron chi connectivity index (χ1n) is 6.01. The number of hydrogen-bond acceptors (Lipinski definition) is 4. The first-order chi connectivity index (χ1) is 8.71. The molecule has 0 radical (unpaired) electrons. The van der Waals surface area contributed by atoms with Crippen molar-refractivity contribution in [1.29, 1.82) is 0 Å². The maximum absolute atomic E-state index is 11.7. The van der Waals surface area contributed by atoms with Crippen molar-refractivity contribution < 1.29 is 14.7 Å². The minimum absolute atomic E-state index is 0.213. The summed E-state index contributed by atoms with van der Waals surface area (Å²) in [6, 6.07) is 8.58. The van der Waals surface area contributed by atoms with Crippen LogP contribution in [0.1, 0.15) is 31.2 Å². The van der Waals surface area contributed by atoms with Crippen LogP contribution in [0, 0.1) is 10.8 Å². The van der Waals surface area contributed by atoms with E-state index in [0.717, 1.165) is 25.7 Å². The smallest absolute Gasteiger partial charge is 0.356 e. The van der Waals surface area contributed by atoms with E-state index in [1.165, 1.54) is 0 Å². The topological polar surface area (TPSA) is 76.0 Å². The van der Waals surface area contributed by atoms with Crippen molar-refractivity contribution in [3.05, 3.63) is 40.8 Å². The summed E-state index contributed by atoms with van der Waals surface area (Å²) in [6.07, 6.45) is 3.37. The maximum Gasteiger partial charge on any atom is 0.356 e. The Kier molecular flexibility index (Phi) is 3.60. The maximum atomic E-state index is 11.7. The predicted octanol–water partition coefficient (Wildman–Crippen LogP) is 2.85. The highest BCUT2D eigenvalue weighted by Gasteiger charge is 2.52. The van der Waals surface area contributed by atoms with Gasteiger partial charge in [0.15, 0.2) is 5.34 Å². The molecule has 0 bridgehead atoms. The third kappa shape index (κ3) is 1.96. The third-order valence-corrected chi connectivity index (χ3v) is 3.63. The van der Waals surface area contributed by atoms with E-state index in [-0.39, 0.29) is 5.92 Å². The fourth-order valence-electron chi connectivity index (χ4n) is 2.78. The van der Waals surface area contributed by atoms with Gasteiger partial charge in [0, 0.05) is 11.5 Å². The largest absolute Gasteiger partial charge is 0.478 e. The van der Waals surface area contributed by atoms with E-state index in [2.05, 4.69) is 5.34 Å². The molecule has 5 heteroatoms. The van der Waals surface area contributed by atoms with Gasteiger partial charge in [0.05, 0.1) is 0 Å². The zero-order valence-corrected chi connectivity index (χ0v) is 9.91. The first kappa shape index (κ1) is 12.5. The lowest BCUT2D eigenvalue weighted by Gasteiger charge is -2.31. The normalized spacial score (nSPS) is 19.1. The van der Waals surface area contributed by atoms with E-state index in [1.807, 2.05) is 0 Å². The SMILES string of the molecule is O=NOC(C(=O)O)(c1ccccc1)C1CCCC1. The molecule has 1 saturated carbocycles. The third-order valence-electron chi connectivity index (χ3n) is 3.63. The van der Waals surface area contributed by atoms with Crippen LogP contribution >= 0.6 is 0 Å². The Hall–Kier alpha value is -1.91. The van der Waals surface area contributed by atoms with Gasteiger partial charge in [0.1, 0.15) is 0 Å². The molecule has 0 amide bonds. The lowest BCUT2D eigenvalue weighted by molar-refractivity contribution is -0.178. The average Bonchev–Trinajstić information content (AvgIpc) is 2.90. The van der Waals surface area contributed by atoms with Crippen LogP contribution in [-0.2, 0) is 15.2 Å². The standard InChI is InChI=1S/C13H15NO4/c15-12(16)13(18-14-17,11-8-4-5-9-11)10-6-2-1-3-7-10/h1-3,6-7,11H,4-5,8-9H2,(H,15,16). The van der Waals surface area contributed by atoms with Crippen molar-refractivity contribution in [2.45, 2.75) is 31.3 Å². The number of nitrogens with zero attached hydrogens (tertiary/aromatic N) is 1. The fourth-order valence-corrected chi connectivity index (χ4v) is 2.78. The molecule has 1 N–H and O–H groups in total. The highest BCUT2D eigenvalue weighted by Crippen LogP contribution is 2.43. The Labute approximate surface area is 105 Å². The molecule has 1 fully saturated rings. The molecular weight excluding hydrogens is 234 g/mol. The first-order valence-corrected chi connectivity index (χ1v) is 6.01. The molecule has 0 heterocycles. The molecule has 2 rings (SSSR count). The van der Waals surface area contributed by atoms with E-state index in [9.17, 15) is 14.8 Å². The van der Waals surface area contributed by atoms with Gasteiger partial charge in [-0.05, 0) is 12.8 Å². The molecule has 5 nitrogen and oxygen atoms in total. The van der Waals surface area contributed by atoms with Crippen LogP contribution in [0.15, 0.2) is 35.7 Å². The molecule has 1 unspecified atom stereocenters. The Morgan fingerprint density at radius 1 is 1.28 bits per heavy atom. The van der Waals surface area contributed by atoms with E-state index in [4.69, 9.17) is 4.84 Å². The summed E-state index contributed by atoms with van der Waals surface area (Å²) in [5.41, 5.74) is -1.16. The fraction of sp³-hybridized carbons (Fsp3) is 0.462. The van der Waals surface area contributed by atoms with Crippen LogP contribution in [0.3, 0.4) is 0 Å². The lowest BCUT2D eigenvalue weighted by Crippen LogP contribution is -2.43. The molecule has 1 aliphatic rings. The summed E-state index contributed by atoms with van der Waals surface area (Å²) in [7, 11) is 0. The van der Waals surface area contributed by atoms with Crippen molar-refractivity contribution in [1.82, 2.24) is 0 Å². The minimum atomic E-state index is -1.64. The van der Waals surface area contributed by atoms with Gasteiger partial charge in [0.25, 0.3) is 5.60 Å². The van der Waals surface area contributed by atoms with Crippen LogP contribution in [-0.4, -0.2) is 11.1 Å². The molecule has 1 aromatic rings. The molecule has 0 aliphatic heterocycles. The van der Waals surface area contributed by atoms with Crippen LogP contribution in [0.4, 0.5) is 0 Å². The van der Waals surface area contributed by atoms with Crippen molar-refractivity contribution in [3.63, 3.8) is 0 Å². The summed E-state index contributed by atoms with van der Waals surface area (Å²) < 4.78 is 0. The van der Waals surface area contributed by atoms with Crippen LogP contribution in [0.25, 0.3) is 0 Å². The lowest BCUT2D eigenvalue weighted by atomic mass is 9.80. The second kappa shape index (κ2) is 5.16. The monoisotopic (exact) mass is 249 g/mol. The second-order valence-electron chi connectivity index (χ2n) is 4.55. The number of hydrogen-bond donors (Lipinski definition) is 1. The number of carboxylic acid groups (broad SMARTS) is 1. The molecular formula is C13H15NO4. The van der Waals surface area contributed by atoms with Gasteiger partial charge in [-0.15, -0.1) is 4.91 Å². The quantitative estimate of drug-likeness (QED) is 0.643. The van der Waals surface area contributed by atoms with E-state index in [0.29, 0.717) is 5.56 Å². The summed E-state index contributed by atoms with van der Waals surface area (Å²) in [5, 5.41) is 12.0. The van der Waals surface area contributed by atoms with E-state index in [1.54, 1.807) is 30.3 Å². The van der Waals surface area contributed by atoms with Crippen LogP contribution in [0.2, 0.25) is 0 Å². The molecule has 18 heavy (non-hydrogen) atoms. The molecule has 96 valence electrons. The minimum Gasteiger partial charge on any atom is -0.478 e. The number of rotatable bonds is 5. The zero-order valence-electron chi connectivity index (χ0n) is 9.91. The van der Waals surface area contributed by atoms with Gasteiger partial charge >= 0.3 is 5.97 Å². The number of benzene rings is 1. The van der Waals surface area contributed by atoms with Gasteiger partial charge in [-0.3, -0.25) is 0 Å². The Morgan fingerprint density at radius 3 is 2.39 bits per heavy atom. The number of carbonyl (C=O) groups is 1. The van der Waals surface area contributed by atoms with Gasteiger partial charge < -0.3 is 9.94 Å². The molecule has 1 aromatic carbocycles. The summed E-state index contributed by atoms with van der Waals surface area (Å²) in [5.74, 6) is -1.37. The van der Waals surface area contributed by atoms with Crippen LogP contribution in [0.5, 0.6) is 0 Å². The van der Waals surface area contributed by atoms with Gasteiger partial charge in [-0.25, -0.2) is 4.79 Å². The summed E-state index contributed by atoms with van der Waals surface area (Å²) >= 11 is 0. The average molecular weight is 249 g/mol. The molecule has 0 saturated heterocycles. The van der Waals surface area contributed by atoms with Gasteiger partial charge in [-0.1, -0.05) is 43.2 Å². The molecule has 0 spiro atoms. The Morgan fingerprint density at radius 2 is 1.89 bits per heavy atom. The van der Waals surface area contributed by atoms with Crippen molar-refractivity contribution >= 4 is 5.97 Å². The Balaban J connectivity index is 2.49.